The topological polar surface area (TPSA) is 69.6 Å². The number of hydrogen-bond donors (Lipinski definition) is 2. The number of likely N-dealkylation sites (tertiary alicyclic amines) is 1. The highest BCUT2D eigenvalue weighted by atomic mass is 16.4. The number of benzene rings is 1. The second-order valence-electron chi connectivity index (χ2n) is 5.76. The summed E-state index contributed by atoms with van der Waals surface area (Å²) < 4.78 is 0. The summed E-state index contributed by atoms with van der Waals surface area (Å²) in [5, 5.41) is 12.1. The zero-order valence-electron chi connectivity index (χ0n) is 12.5. The molecule has 1 aliphatic rings. The third-order valence-corrected chi connectivity index (χ3v) is 4.10. The number of rotatable bonds is 3. The van der Waals surface area contributed by atoms with Gasteiger partial charge >= 0.3 is 12.0 Å². The number of nitrogens with one attached hydrogen (secondary N) is 1. The van der Waals surface area contributed by atoms with Gasteiger partial charge in [0.25, 0.3) is 0 Å². The van der Waals surface area contributed by atoms with Crippen LogP contribution in [0, 0.1) is 12.8 Å². The third-order valence-electron chi connectivity index (χ3n) is 4.10. The van der Waals surface area contributed by atoms with Gasteiger partial charge in [-0.25, -0.2) is 9.59 Å². The minimum absolute atomic E-state index is 0.294. The first kappa shape index (κ1) is 15.4. The number of nitrogens with zero attached hydrogens (tertiary/aromatic N) is 1. The average Bonchev–Trinajstić information content (AvgIpc) is 2.46. The second kappa shape index (κ2) is 6.61. The van der Waals surface area contributed by atoms with Crippen LogP contribution in [0.25, 0.3) is 0 Å². The molecule has 2 unspecified atom stereocenters. The Morgan fingerprint density at radius 3 is 2.76 bits per heavy atom. The van der Waals surface area contributed by atoms with E-state index in [9.17, 15) is 14.7 Å². The Kier molecular flexibility index (Phi) is 4.83. The van der Waals surface area contributed by atoms with Crippen molar-refractivity contribution in [2.45, 2.75) is 39.3 Å². The monoisotopic (exact) mass is 290 g/mol. The molecule has 5 heteroatoms. The van der Waals surface area contributed by atoms with Gasteiger partial charge in [-0.3, -0.25) is 0 Å². The maximum atomic E-state index is 12.3. The lowest BCUT2D eigenvalue weighted by Gasteiger charge is -2.35. The molecule has 0 spiro atoms. The van der Waals surface area contributed by atoms with Crippen molar-refractivity contribution in [3.05, 3.63) is 35.4 Å². The molecule has 0 radical (unpaired) electrons. The van der Waals surface area contributed by atoms with Crippen LogP contribution in [0.2, 0.25) is 0 Å². The molecular weight excluding hydrogens is 268 g/mol. The summed E-state index contributed by atoms with van der Waals surface area (Å²) >= 11 is 0. The number of piperidine rings is 1. The molecule has 114 valence electrons. The summed E-state index contributed by atoms with van der Waals surface area (Å²) in [6, 6.07) is 6.82. The number of carboxylic acid groups (broad SMARTS) is 1. The van der Waals surface area contributed by atoms with Crippen LogP contribution in [0.3, 0.4) is 0 Å². The smallest absolute Gasteiger partial charge is 0.326 e. The molecule has 0 aliphatic carbocycles. The molecule has 5 nitrogen and oxygen atoms in total. The summed E-state index contributed by atoms with van der Waals surface area (Å²) in [4.78, 5) is 25.0. The summed E-state index contributed by atoms with van der Waals surface area (Å²) in [6.45, 7) is 4.93. The molecule has 1 heterocycles. The van der Waals surface area contributed by atoms with Crippen LogP contribution in [0.15, 0.2) is 24.3 Å². The Morgan fingerprint density at radius 2 is 2.10 bits per heavy atom. The fraction of sp³-hybridized carbons (Fsp3) is 0.500. The zero-order valence-corrected chi connectivity index (χ0v) is 12.5. The summed E-state index contributed by atoms with van der Waals surface area (Å²) in [5.41, 5.74) is 2.16. The van der Waals surface area contributed by atoms with E-state index in [2.05, 4.69) is 5.32 Å². The van der Waals surface area contributed by atoms with E-state index in [1.807, 2.05) is 38.1 Å². The van der Waals surface area contributed by atoms with Crippen molar-refractivity contribution in [1.29, 1.82) is 0 Å². The predicted octanol–water partition coefficient (Wildman–Crippen LogP) is 2.39. The van der Waals surface area contributed by atoms with Gasteiger partial charge in [-0.2, -0.15) is 0 Å². The van der Waals surface area contributed by atoms with Crippen LogP contribution < -0.4 is 5.32 Å². The highest BCUT2D eigenvalue weighted by molar-refractivity contribution is 5.82. The van der Waals surface area contributed by atoms with Crippen LogP contribution in [0.4, 0.5) is 4.79 Å². The number of carbonyl (C=O) groups is 2. The van der Waals surface area contributed by atoms with Crippen molar-refractivity contribution in [2.75, 3.05) is 6.54 Å². The van der Waals surface area contributed by atoms with Gasteiger partial charge in [-0.1, -0.05) is 31.2 Å². The SMILES string of the molecule is Cc1ccccc1CNC(=O)N1CCC(C)CC1C(=O)O. The minimum Gasteiger partial charge on any atom is -0.480 e. The van der Waals surface area contributed by atoms with E-state index in [1.54, 1.807) is 0 Å². The fourth-order valence-electron chi connectivity index (χ4n) is 2.70. The fourth-order valence-corrected chi connectivity index (χ4v) is 2.70. The molecule has 2 N–H and O–H groups in total. The molecule has 0 saturated carbocycles. The van der Waals surface area contributed by atoms with E-state index in [0.717, 1.165) is 17.5 Å². The lowest BCUT2D eigenvalue weighted by atomic mass is 9.93. The number of urea groups is 1. The number of carboxylic acids is 1. The van der Waals surface area contributed by atoms with Gasteiger partial charge in [0.2, 0.25) is 0 Å². The van der Waals surface area contributed by atoms with E-state index in [1.165, 1.54) is 4.90 Å². The van der Waals surface area contributed by atoms with Crippen molar-refractivity contribution in [2.24, 2.45) is 5.92 Å². The van der Waals surface area contributed by atoms with Crippen LogP contribution in [0.1, 0.15) is 30.9 Å². The molecule has 21 heavy (non-hydrogen) atoms. The lowest BCUT2D eigenvalue weighted by molar-refractivity contribution is -0.143. The first-order valence-corrected chi connectivity index (χ1v) is 7.31. The number of amides is 2. The van der Waals surface area contributed by atoms with Gasteiger partial charge in [0.05, 0.1) is 0 Å². The van der Waals surface area contributed by atoms with Gasteiger partial charge in [-0.15, -0.1) is 0 Å². The maximum absolute atomic E-state index is 12.3. The highest BCUT2D eigenvalue weighted by Crippen LogP contribution is 2.22. The molecule has 2 amide bonds. The molecule has 0 aromatic heterocycles. The number of carbonyl (C=O) groups excluding carboxylic acids is 1. The van der Waals surface area contributed by atoms with E-state index in [0.29, 0.717) is 25.4 Å². The Bertz CT molecular complexity index is 530. The Balaban J connectivity index is 1.99. The summed E-state index contributed by atoms with van der Waals surface area (Å²) in [7, 11) is 0. The van der Waals surface area contributed by atoms with Crippen molar-refractivity contribution < 1.29 is 14.7 Å². The van der Waals surface area contributed by atoms with Gasteiger partial charge < -0.3 is 15.3 Å². The van der Waals surface area contributed by atoms with E-state index >= 15 is 0 Å². The van der Waals surface area contributed by atoms with Crippen molar-refractivity contribution >= 4 is 12.0 Å². The van der Waals surface area contributed by atoms with Crippen molar-refractivity contribution in [1.82, 2.24) is 10.2 Å². The number of aryl methyl sites for hydroxylation is 1. The molecule has 1 aromatic rings. The first-order valence-electron chi connectivity index (χ1n) is 7.31. The van der Waals surface area contributed by atoms with E-state index < -0.39 is 12.0 Å². The Hall–Kier alpha value is -2.04. The lowest BCUT2D eigenvalue weighted by Crippen LogP contribution is -2.53. The van der Waals surface area contributed by atoms with Crippen LogP contribution >= 0.6 is 0 Å². The normalized spacial score (nSPS) is 21.9. The van der Waals surface area contributed by atoms with Gasteiger partial charge in [0.15, 0.2) is 0 Å². The molecule has 2 atom stereocenters. The quantitative estimate of drug-likeness (QED) is 0.898. The molecule has 1 saturated heterocycles. The molecule has 1 aromatic carbocycles. The maximum Gasteiger partial charge on any atom is 0.326 e. The van der Waals surface area contributed by atoms with Gasteiger partial charge in [0.1, 0.15) is 6.04 Å². The standard InChI is InChI=1S/C16H22N2O3/c1-11-7-8-18(14(9-11)15(19)20)16(21)17-10-13-6-4-3-5-12(13)2/h3-6,11,14H,7-10H2,1-2H3,(H,17,21)(H,19,20). The molecular formula is C16H22N2O3. The highest BCUT2D eigenvalue weighted by Gasteiger charge is 2.34. The molecule has 0 bridgehead atoms. The third kappa shape index (κ3) is 3.74. The first-order chi connectivity index (χ1) is 9.99. The van der Waals surface area contributed by atoms with Crippen LogP contribution in [-0.2, 0) is 11.3 Å². The predicted molar refractivity (Wildman–Crippen MR) is 79.9 cm³/mol. The molecule has 1 fully saturated rings. The van der Waals surface area contributed by atoms with Crippen molar-refractivity contribution in [3.8, 4) is 0 Å². The number of aliphatic carboxylic acids is 1. The largest absolute Gasteiger partial charge is 0.480 e. The average molecular weight is 290 g/mol. The van der Waals surface area contributed by atoms with Gasteiger partial charge in [0, 0.05) is 13.1 Å². The molecule has 2 rings (SSSR count). The Labute approximate surface area is 125 Å². The number of hydrogen-bond acceptors (Lipinski definition) is 2. The van der Waals surface area contributed by atoms with Crippen LogP contribution in [0.5, 0.6) is 0 Å². The van der Waals surface area contributed by atoms with E-state index in [4.69, 9.17) is 0 Å². The minimum atomic E-state index is -0.924. The zero-order chi connectivity index (χ0) is 15.4. The summed E-state index contributed by atoms with van der Waals surface area (Å²) in [5.74, 6) is -0.584. The molecule has 1 aliphatic heterocycles. The second-order valence-corrected chi connectivity index (χ2v) is 5.76. The van der Waals surface area contributed by atoms with Gasteiger partial charge in [-0.05, 0) is 36.8 Å². The Morgan fingerprint density at radius 1 is 1.38 bits per heavy atom. The summed E-state index contributed by atoms with van der Waals surface area (Å²) in [6.07, 6.45) is 1.37. The van der Waals surface area contributed by atoms with Crippen molar-refractivity contribution in [3.63, 3.8) is 0 Å². The van der Waals surface area contributed by atoms with Crippen LogP contribution in [-0.4, -0.2) is 34.6 Å². The van der Waals surface area contributed by atoms with E-state index in [-0.39, 0.29) is 6.03 Å².